The van der Waals surface area contributed by atoms with Gasteiger partial charge in [0.2, 0.25) is 0 Å². The molecule has 0 aliphatic heterocycles. The summed E-state index contributed by atoms with van der Waals surface area (Å²) in [6.45, 7) is 0. The Labute approximate surface area is 79.4 Å². The highest BCUT2D eigenvalue weighted by Crippen LogP contribution is 2.22. The molecule has 0 aliphatic carbocycles. The second kappa shape index (κ2) is 2.83. The number of carboxylic acids is 1. The molecule has 2 rings (SSSR count). The molecule has 1 aromatic heterocycles. The molecule has 0 unspecified atom stereocenters. The largest absolute Gasteiger partial charge is 0.478 e. The molecule has 2 aromatic rings. The van der Waals surface area contributed by atoms with Crippen molar-refractivity contribution in [3.63, 3.8) is 0 Å². The Morgan fingerprint density at radius 2 is 2.14 bits per heavy atom. The average Bonchev–Trinajstić information content (AvgIpc) is 2.47. The molecule has 0 bridgehead atoms. The number of hydrogen-bond acceptors (Lipinski definition) is 1. The van der Waals surface area contributed by atoms with Crippen molar-refractivity contribution in [1.82, 2.24) is 4.57 Å². The first-order chi connectivity index (χ1) is 6.61. The third kappa shape index (κ3) is 1.08. The van der Waals surface area contributed by atoms with E-state index >= 15 is 0 Å². The van der Waals surface area contributed by atoms with Gasteiger partial charge in [-0.3, -0.25) is 0 Å². The number of fused-ring (bicyclic) bond motifs is 1. The van der Waals surface area contributed by atoms with Crippen molar-refractivity contribution < 1.29 is 14.3 Å². The van der Waals surface area contributed by atoms with E-state index in [2.05, 4.69) is 0 Å². The molecule has 0 amide bonds. The third-order valence-corrected chi connectivity index (χ3v) is 2.20. The van der Waals surface area contributed by atoms with Crippen LogP contribution in [0.15, 0.2) is 24.4 Å². The number of aromatic carboxylic acids is 1. The lowest BCUT2D eigenvalue weighted by atomic mass is 10.1. The smallest absolute Gasteiger partial charge is 0.340 e. The fourth-order valence-corrected chi connectivity index (χ4v) is 1.57. The molecule has 72 valence electrons. The Bertz CT molecular complexity index is 516. The summed E-state index contributed by atoms with van der Waals surface area (Å²) >= 11 is 0. The lowest BCUT2D eigenvalue weighted by molar-refractivity contribution is 0.0694. The van der Waals surface area contributed by atoms with E-state index < -0.39 is 11.8 Å². The van der Waals surface area contributed by atoms with Gasteiger partial charge in [-0.1, -0.05) is 0 Å². The summed E-state index contributed by atoms with van der Waals surface area (Å²) < 4.78 is 14.8. The number of carboxylic acid groups (broad SMARTS) is 1. The second-order valence-corrected chi connectivity index (χ2v) is 3.09. The summed E-state index contributed by atoms with van der Waals surface area (Å²) in [7, 11) is 1.69. The van der Waals surface area contributed by atoms with Crippen molar-refractivity contribution in [1.29, 1.82) is 0 Å². The molecule has 0 atom stereocenters. The third-order valence-electron chi connectivity index (χ3n) is 2.20. The Balaban J connectivity index is 2.94. The number of rotatable bonds is 1. The maximum atomic E-state index is 13.2. The highest BCUT2D eigenvalue weighted by atomic mass is 19.1. The van der Waals surface area contributed by atoms with E-state index in [4.69, 9.17) is 5.11 Å². The van der Waals surface area contributed by atoms with Crippen molar-refractivity contribution >= 4 is 16.9 Å². The lowest BCUT2D eigenvalue weighted by Crippen LogP contribution is -2.03. The molecule has 1 heterocycles. The topological polar surface area (TPSA) is 42.2 Å². The minimum Gasteiger partial charge on any atom is -0.478 e. The van der Waals surface area contributed by atoms with Crippen LogP contribution < -0.4 is 0 Å². The zero-order valence-electron chi connectivity index (χ0n) is 7.49. The standard InChI is InChI=1S/C10H8FNO2/c1-12-5-4-6-2-3-7(11)8(9(6)12)10(13)14/h2-5H,1H3,(H,13,14). The van der Waals surface area contributed by atoms with Gasteiger partial charge in [0.15, 0.2) is 0 Å². The first kappa shape index (κ1) is 8.74. The first-order valence-electron chi connectivity index (χ1n) is 4.08. The predicted molar refractivity (Wildman–Crippen MR) is 49.8 cm³/mol. The molecule has 0 saturated heterocycles. The summed E-state index contributed by atoms with van der Waals surface area (Å²) in [5.74, 6) is -1.94. The van der Waals surface area contributed by atoms with Crippen molar-refractivity contribution in [2.75, 3.05) is 0 Å². The first-order valence-corrected chi connectivity index (χ1v) is 4.08. The van der Waals surface area contributed by atoms with Crippen molar-refractivity contribution in [2.24, 2.45) is 7.05 Å². The molecule has 4 heteroatoms. The van der Waals surface area contributed by atoms with E-state index in [1.807, 2.05) is 0 Å². The fourth-order valence-electron chi connectivity index (χ4n) is 1.57. The maximum absolute atomic E-state index is 13.2. The zero-order chi connectivity index (χ0) is 10.3. The number of hydrogen-bond donors (Lipinski definition) is 1. The highest BCUT2D eigenvalue weighted by Gasteiger charge is 2.16. The summed E-state index contributed by atoms with van der Waals surface area (Å²) in [6, 6.07) is 4.49. The van der Waals surface area contributed by atoms with Gasteiger partial charge in [-0.25, -0.2) is 9.18 Å². The van der Waals surface area contributed by atoms with Crippen LogP contribution in [0.25, 0.3) is 10.9 Å². The number of benzene rings is 1. The van der Waals surface area contributed by atoms with Crippen LogP contribution in [0.5, 0.6) is 0 Å². The number of nitrogens with zero attached hydrogens (tertiary/aromatic N) is 1. The minimum atomic E-state index is -1.24. The van der Waals surface area contributed by atoms with Crippen LogP contribution in [-0.2, 0) is 7.05 Å². The van der Waals surface area contributed by atoms with Crippen LogP contribution >= 0.6 is 0 Å². The Morgan fingerprint density at radius 3 is 2.79 bits per heavy atom. The predicted octanol–water partition coefficient (Wildman–Crippen LogP) is 2.02. The summed E-state index contributed by atoms with van der Waals surface area (Å²) in [5, 5.41) is 9.58. The van der Waals surface area contributed by atoms with E-state index in [-0.39, 0.29) is 5.56 Å². The SMILES string of the molecule is Cn1ccc2ccc(F)c(C(=O)O)c21. The molecule has 1 N–H and O–H groups in total. The molecule has 0 saturated carbocycles. The van der Waals surface area contributed by atoms with E-state index in [1.54, 1.807) is 29.9 Å². The normalized spacial score (nSPS) is 10.7. The van der Waals surface area contributed by atoms with Crippen molar-refractivity contribution in [2.45, 2.75) is 0 Å². The van der Waals surface area contributed by atoms with Gasteiger partial charge in [-0.05, 0) is 18.2 Å². The van der Waals surface area contributed by atoms with Crippen LogP contribution in [0, 0.1) is 5.82 Å². The maximum Gasteiger partial charge on any atom is 0.340 e. The van der Waals surface area contributed by atoms with Gasteiger partial charge in [0.1, 0.15) is 11.4 Å². The van der Waals surface area contributed by atoms with Crippen molar-refractivity contribution in [3.05, 3.63) is 35.8 Å². The molecular weight excluding hydrogens is 185 g/mol. The number of halogens is 1. The van der Waals surface area contributed by atoms with E-state index in [0.717, 1.165) is 5.39 Å². The lowest BCUT2D eigenvalue weighted by Gasteiger charge is -2.02. The van der Waals surface area contributed by atoms with Gasteiger partial charge in [0.25, 0.3) is 0 Å². The molecular formula is C10H8FNO2. The van der Waals surface area contributed by atoms with E-state index in [0.29, 0.717) is 5.52 Å². The van der Waals surface area contributed by atoms with Crippen molar-refractivity contribution in [3.8, 4) is 0 Å². The van der Waals surface area contributed by atoms with Gasteiger partial charge < -0.3 is 9.67 Å². The Morgan fingerprint density at radius 1 is 1.43 bits per heavy atom. The quantitative estimate of drug-likeness (QED) is 0.752. The van der Waals surface area contributed by atoms with Crippen LogP contribution in [0.2, 0.25) is 0 Å². The van der Waals surface area contributed by atoms with Gasteiger partial charge in [-0.2, -0.15) is 0 Å². The monoisotopic (exact) mass is 193 g/mol. The van der Waals surface area contributed by atoms with Gasteiger partial charge in [0, 0.05) is 18.6 Å². The van der Waals surface area contributed by atoms with E-state index in [9.17, 15) is 9.18 Å². The summed E-state index contributed by atoms with van der Waals surface area (Å²) in [6.07, 6.45) is 1.70. The molecule has 3 nitrogen and oxygen atoms in total. The molecule has 0 spiro atoms. The molecule has 0 radical (unpaired) electrons. The molecule has 1 aromatic carbocycles. The second-order valence-electron chi connectivity index (χ2n) is 3.09. The highest BCUT2D eigenvalue weighted by molar-refractivity contribution is 6.02. The summed E-state index contributed by atoms with van der Waals surface area (Å²) in [4.78, 5) is 10.8. The average molecular weight is 193 g/mol. The number of aromatic nitrogens is 1. The van der Waals surface area contributed by atoms with Crippen LogP contribution in [-0.4, -0.2) is 15.6 Å². The zero-order valence-corrected chi connectivity index (χ0v) is 7.49. The van der Waals surface area contributed by atoms with Crippen LogP contribution in [0.1, 0.15) is 10.4 Å². The number of carbonyl (C=O) groups is 1. The minimum absolute atomic E-state index is 0.269. The molecule has 0 aliphatic rings. The van der Waals surface area contributed by atoms with Crippen LogP contribution in [0.4, 0.5) is 4.39 Å². The molecule has 14 heavy (non-hydrogen) atoms. The molecule has 0 fully saturated rings. The van der Waals surface area contributed by atoms with E-state index in [1.165, 1.54) is 6.07 Å². The van der Waals surface area contributed by atoms with Gasteiger partial charge >= 0.3 is 5.97 Å². The fraction of sp³-hybridized carbons (Fsp3) is 0.100. The summed E-state index contributed by atoms with van der Waals surface area (Å²) in [5.41, 5.74) is 0.146. The Kier molecular flexibility index (Phi) is 1.77. The van der Waals surface area contributed by atoms with Gasteiger partial charge in [-0.15, -0.1) is 0 Å². The van der Waals surface area contributed by atoms with Gasteiger partial charge in [0.05, 0.1) is 5.52 Å². The van der Waals surface area contributed by atoms with Crippen LogP contribution in [0.3, 0.4) is 0 Å². The Hall–Kier alpha value is -1.84. The number of aryl methyl sites for hydroxylation is 1.